The van der Waals surface area contributed by atoms with Gasteiger partial charge in [-0.25, -0.2) is 0 Å². The molecule has 1 unspecified atom stereocenters. The smallest absolute Gasteiger partial charge is 0.00896 e. The zero-order valence-corrected chi connectivity index (χ0v) is 12.4. The molecule has 0 spiro atoms. The maximum absolute atomic E-state index is 3.79. The summed E-state index contributed by atoms with van der Waals surface area (Å²) in [7, 11) is 2.29. The number of hydrogen-bond acceptors (Lipinski definition) is 1. The van der Waals surface area contributed by atoms with Gasteiger partial charge in [-0.3, -0.25) is 0 Å². The molecule has 102 valence electrons. The Morgan fingerprint density at radius 3 is 2.35 bits per heavy atom. The summed E-state index contributed by atoms with van der Waals surface area (Å²) in [5.74, 6) is 0. The van der Waals surface area contributed by atoms with Crippen molar-refractivity contribution in [2.24, 2.45) is 0 Å². The van der Waals surface area contributed by atoms with Gasteiger partial charge in [-0.15, -0.1) is 6.58 Å². The molecule has 0 fully saturated rings. The second-order valence-corrected chi connectivity index (χ2v) is 5.18. The minimum absolute atomic E-state index is 0.779. The molecule has 0 aromatic heterocycles. The number of hydrogen-bond donors (Lipinski definition) is 0. The minimum atomic E-state index is 0.779. The average Bonchev–Trinajstić information content (AvgIpc) is 2.34. The van der Waals surface area contributed by atoms with Crippen LogP contribution in [0, 0.1) is 0 Å². The zero-order valence-electron chi connectivity index (χ0n) is 12.4. The van der Waals surface area contributed by atoms with E-state index in [1.165, 1.54) is 64.3 Å². The predicted molar refractivity (Wildman–Crippen MR) is 79.5 cm³/mol. The molecule has 0 aliphatic heterocycles. The summed E-state index contributed by atoms with van der Waals surface area (Å²) in [6, 6.07) is 0.779. The average molecular weight is 239 g/mol. The highest BCUT2D eigenvalue weighted by molar-refractivity contribution is 4.71. The van der Waals surface area contributed by atoms with Gasteiger partial charge in [-0.05, 0) is 45.7 Å². The predicted octanol–water partition coefficient (Wildman–Crippen LogP) is 5.02. The van der Waals surface area contributed by atoms with Crippen LogP contribution in [-0.2, 0) is 0 Å². The summed E-state index contributed by atoms with van der Waals surface area (Å²) in [6.45, 7) is 9.66. The van der Waals surface area contributed by atoms with Crippen molar-refractivity contribution in [3.8, 4) is 0 Å². The van der Waals surface area contributed by atoms with E-state index in [0.717, 1.165) is 6.04 Å². The van der Waals surface area contributed by atoms with Crippen molar-refractivity contribution in [2.45, 2.75) is 77.7 Å². The number of allylic oxidation sites excluding steroid dienone is 1. The van der Waals surface area contributed by atoms with Crippen molar-refractivity contribution in [1.29, 1.82) is 0 Å². The van der Waals surface area contributed by atoms with Crippen molar-refractivity contribution in [1.82, 2.24) is 4.90 Å². The van der Waals surface area contributed by atoms with Gasteiger partial charge in [-0.2, -0.15) is 0 Å². The molecule has 0 saturated carbocycles. The molecule has 17 heavy (non-hydrogen) atoms. The van der Waals surface area contributed by atoms with Crippen LogP contribution in [0.15, 0.2) is 12.7 Å². The molecular formula is C16H33N. The van der Waals surface area contributed by atoms with E-state index in [-0.39, 0.29) is 0 Å². The Labute approximate surface area is 109 Å². The zero-order chi connectivity index (χ0) is 12.9. The Kier molecular flexibility index (Phi) is 12.0. The van der Waals surface area contributed by atoms with Crippen LogP contribution in [0.4, 0.5) is 0 Å². The Bertz CT molecular complexity index is 165. The van der Waals surface area contributed by atoms with Crippen LogP contribution >= 0.6 is 0 Å². The van der Waals surface area contributed by atoms with Crippen molar-refractivity contribution >= 4 is 0 Å². The van der Waals surface area contributed by atoms with Crippen LogP contribution in [0.1, 0.15) is 71.6 Å². The summed E-state index contributed by atoms with van der Waals surface area (Å²) >= 11 is 0. The summed E-state index contributed by atoms with van der Waals surface area (Å²) in [4.78, 5) is 2.56. The van der Waals surface area contributed by atoms with Gasteiger partial charge < -0.3 is 4.90 Å². The van der Waals surface area contributed by atoms with Gasteiger partial charge in [0.2, 0.25) is 0 Å². The number of rotatable bonds is 12. The standard InChI is InChI=1S/C16H33N/c1-5-8-10-11-13-15-17(4)16(7-3)14-12-9-6-2/h6,16H,2,5,7-15H2,1,3-4H3. The first-order valence-electron chi connectivity index (χ1n) is 7.57. The molecule has 0 bridgehead atoms. The highest BCUT2D eigenvalue weighted by Gasteiger charge is 2.11. The quantitative estimate of drug-likeness (QED) is 0.341. The fraction of sp³-hybridized carbons (Fsp3) is 0.875. The molecule has 0 heterocycles. The molecule has 0 radical (unpaired) electrons. The molecule has 0 saturated heterocycles. The van der Waals surface area contributed by atoms with E-state index in [4.69, 9.17) is 0 Å². The van der Waals surface area contributed by atoms with Crippen molar-refractivity contribution in [3.05, 3.63) is 12.7 Å². The molecule has 0 aromatic carbocycles. The summed E-state index contributed by atoms with van der Waals surface area (Å²) in [6.07, 6.45) is 14.0. The van der Waals surface area contributed by atoms with Crippen LogP contribution in [0.5, 0.6) is 0 Å². The van der Waals surface area contributed by atoms with Crippen LogP contribution in [-0.4, -0.2) is 24.5 Å². The van der Waals surface area contributed by atoms with Crippen molar-refractivity contribution < 1.29 is 0 Å². The molecule has 1 nitrogen and oxygen atoms in total. The third-order valence-electron chi connectivity index (χ3n) is 3.65. The van der Waals surface area contributed by atoms with Gasteiger partial charge in [0.1, 0.15) is 0 Å². The van der Waals surface area contributed by atoms with Gasteiger partial charge in [0.25, 0.3) is 0 Å². The van der Waals surface area contributed by atoms with E-state index in [2.05, 4.69) is 32.4 Å². The van der Waals surface area contributed by atoms with Gasteiger partial charge >= 0.3 is 0 Å². The van der Waals surface area contributed by atoms with E-state index in [9.17, 15) is 0 Å². The van der Waals surface area contributed by atoms with Crippen molar-refractivity contribution in [3.63, 3.8) is 0 Å². The second kappa shape index (κ2) is 12.2. The summed E-state index contributed by atoms with van der Waals surface area (Å²) in [5.41, 5.74) is 0. The van der Waals surface area contributed by atoms with Crippen LogP contribution in [0.3, 0.4) is 0 Å². The lowest BCUT2D eigenvalue weighted by Crippen LogP contribution is -2.32. The van der Waals surface area contributed by atoms with Crippen molar-refractivity contribution in [2.75, 3.05) is 13.6 Å². The maximum Gasteiger partial charge on any atom is 0.00896 e. The molecule has 0 amide bonds. The van der Waals surface area contributed by atoms with E-state index in [1.807, 2.05) is 6.08 Å². The van der Waals surface area contributed by atoms with Gasteiger partial charge in [0, 0.05) is 6.04 Å². The summed E-state index contributed by atoms with van der Waals surface area (Å²) in [5, 5.41) is 0. The Morgan fingerprint density at radius 2 is 1.76 bits per heavy atom. The van der Waals surface area contributed by atoms with Crippen LogP contribution in [0.25, 0.3) is 0 Å². The largest absolute Gasteiger partial charge is 0.303 e. The molecule has 0 aliphatic carbocycles. The second-order valence-electron chi connectivity index (χ2n) is 5.18. The van der Waals surface area contributed by atoms with E-state index in [0.29, 0.717) is 0 Å². The number of unbranched alkanes of at least 4 members (excludes halogenated alkanes) is 5. The highest BCUT2D eigenvalue weighted by Crippen LogP contribution is 2.12. The molecule has 1 atom stereocenters. The fourth-order valence-electron chi connectivity index (χ4n) is 2.38. The van der Waals surface area contributed by atoms with E-state index >= 15 is 0 Å². The normalized spacial score (nSPS) is 12.9. The van der Waals surface area contributed by atoms with Gasteiger partial charge in [-0.1, -0.05) is 45.6 Å². The summed E-state index contributed by atoms with van der Waals surface area (Å²) < 4.78 is 0. The third kappa shape index (κ3) is 9.41. The monoisotopic (exact) mass is 239 g/mol. The fourth-order valence-corrected chi connectivity index (χ4v) is 2.38. The Balaban J connectivity index is 3.60. The topological polar surface area (TPSA) is 3.24 Å². The van der Waals surface area contributed by atoms with Crippen LogP contribution < -0.4 is 0 Å². The Hall–Kier alpha value is -0.300. The molecule has 0 aromatic rings. The SMILES string of the molecule is C=CCCCC(CC)N(C)CCCCCCC. The molecule has 0 aliphatic rings. The van der Waals surface area contributed by atoms with Gasteiger partial charge in [0.05, 0.1) is 0 Å². The number of nitrogens with zero attached hydrogens (tertiary/aromatic N) is 1. The third-order valence-corrected chi connectivity index (χ3v) is 3.65. The van der Waals surface area contributed by atoms with E-state index < -0.39 is 0 Å². The lowest BCUT2D eigenvalue weighted by Gasteiger charge is -2.27. The first kappa shape index (κ1) is 16.7. The first-order valence-corrected chi connectivity index (χ1v) is 7.57. The maximum atomic E-state index is 3.79. The molecule has 0 N–H and O–H groups in total. The molecule has 1 heteroatoms. The first-order chi connectivity index (χ1) is 8.26. The molecule has 0 rings (SSSR count). The highest BCUT2D eigenvalue weighted by atomic mass is 15.1. The van der Waals surface area contributed by atoms with Crippen LogP contribution in [0.2, 0.25) is 0 Å². The van der Waals surface area contributed by atoms with Gasteiger partial charge in [0.15, 0.2) is 0 Å². The molecular weight excluding hydrogens is 206 g/mol. The Morgan fingerprint density at radius 1 is 1.06 bits per heavy atom. The lowest BCUT2D eigenvalue weighted by molar-refractivity contribution is 0.217. The minimum Gasteiger partial charge on any atom is -0.303 e. The lowest BCUT2D eigenvalue weighted by atomic mass is 10.1. The van der Waals surface area contributed by atoms with E-state index in [1.54, 1.807) is 0 Å².